The predicted molar refractivity (Wildman–Crippen MR) is 85.7 cm³/mol. The molecule has 0 bridgehead atoms. The van der Waals surface area contributed by atoms with Crippen molar-refractivity contribution >= 4 is 6.09 Å². The highest BCUT2D eigenvalue weighted by atomic mass is 19.4. The number of halogens is 3. The summed E-state index contributed by atoms with van der Waals surface area (Å²) in [4.78, 5) is 11.9. The number of nitrogens with one attached hydrogen (secondary N) is 1. The van der Waals surface area contributed by atoms with E-state index in [9.17, 15) is 18.0 Å². The fourth-order valence-corrected chi connectivity index (χ4v) is 2.40. The number of aliphatic hydroxyl groups is 1. The van der Waals surface area contributed by atoms with E-state index in [0.717, 1.165) is 11.6 Å². The van der Waals surface area contributed by atoms with Crippen LogP contribution in [0.2, 0.25) is 0 Å². The molecule has 0 saturated carbocycles. The molecule has 0 fully saturated rings. The zero-order valence-corrected chi connectivity index (χ0v) is 13.3. The summed E-state index contributed by atoms with van der Waals surface area (Å²) >= 11 is 0. The van der Waals surface area contributed by atoms with E-state index < -0.39 is 23.9 Å². The minimum atomic E-state index is -4.56. The van der Waals surface area contributed by atoms with Crippen LogP contribution in [0, 0.1) is 0 Å². The molecule has 0 aliphatic heterocycles. The van der Waals surface area contributed by atoms with Crippen LogP contribution < -0.4 is 5.32 Å². The number of alkyl halides is 3. The Labute approximate surface area is 143 Å². The average Bonchev–Trinajstić information content (AvgIpc) is 2.60. The first-order valence-corrected chi connectivity index (χ1v) is 7.66. The Morgan fingerprint density at radius 2 is 1.72 bits per heavy atom. The summed E-state index contributed by atoms with van der Waals surface area (Å²) in [5.41, 5.74) is -0.204. The van der Waals surface area contributed by atoms with Crippen LogP contribution in [0.15, 0.2) is 54.6 Å². The molecule has 0 spiro atoms. The van der Waals surface area contributed by atoms with Crippen molar-refractivity contribution in [1.82, 2.24) is 5.32 Å². The van der Waals surface area contributed by atoms with E-state index in [0.29, 0.717) is 0 Å². The van der Waals surface area contributed by atoms with Crippen LogP contribution in [0.1, 0.15) is 29.2 Å². The molecule has 2 N–H and O–H groups in total. The van der Waals surface area contributed by atoms with Crippen LogP contribution in [0.4, 0.5) is 18.0 Å². The summed E-state index contributed by atoms with van der Waals surface area (Å²) in [5.74, 6) is 0. The number of ether oxygens (including phenoxy) is 1. The van der Waals surface area contributed by atoms with Gasteiger partial charge in [-0.25, -0.2) is 4.79 Å². The maximum Gasteiger partial charge on any atom is 0.416 e. The highest BCUT2D eigenvalue weighted by Crippen LogP contribution is 2.35. The molecule has 2 aromatic rings. The van der Waals surface area contributed by atoms with Crippen molar-refractivity contribution in [3.63, 3.8) is 0 Å². The number of hydrogen-bond acceptors (Lipinski definition) is 3. The van der Waals surface area contributed by atoms with Gasteiger partial charge in [-0.2, -0.15) is 13.2 Å². The fourth-order valence-electron chi connectivity index (χ4n) is 2.40. The second-order valence-electron chi connectivity index (χ2n) is 5.36. The monoisotopic (exact) mass is 353 g/mol. The smallest absolute Gasteiger partial charge is 0.416 e. The van der Waals surface area contributed by atoms with E-state index >= 15 is 0 Å². The number of alkyl carbamates (subject to hydrolysis) is 1. The third-order valence-electron chi connectivity index (χ3n) is 3.56. The molecule has 1 unspecified atom stereocenters. The highest BCUT2D eigenvalue weighted by Gasteiger charge is 2.35. The number of benzene rings is 2. The zero-order valence-electron chi connectivity index (χ0n) is 13.3. The van der Waals surface area contributed by atoms with Gasteiger partial charge >= 0.3 is 12.3 Å². The van der Waals surface area contributed by atoms with E-state index in [2.05, 4.69) is 5.32 Å². The number of hydrogen-bond donors (Lipinski definition) is 2. The van der Waals surface area contributed by atoms with Crippen molar-refractivity contribution in [3.05, 3.63) is 71.3 Å². The second kappa shape index (κ2) is 8.53. The Kier molecular flexibility index (Phi) is 6.41. The zero-order chi connectivity index (χ0) is 18.3. The van der Waals surface area contributed by atoms with Crippen molar-refractivity contribution in [2.24, 2.45) is 0 Å². The largest absolute Gasteiger partial charge is 0.445 e. The fraction of sp³-hybridized carbons (Fsp3) is 0.278. The van der Waals surface area contributed by atoms with Gasteiger partial charge in [-0.15, -0.1) is 0 Å². The molecule has 4 nitrogen and oxygen atoms in total. The van der Waals surface area contributed by atoms with Crippen LogP contribution in [-0.2, 0) is 17.5 Å². The van der Waals surface area contributed by atoms with Gasteiger partial charge in [-0.3, -0.25) is 0 Å². The Morgan fingerprint density at radius 3 is 2.36 bits per heavy atom. The predicted octanol–water partition coefficient (Wildman–Crippen LogP) is 4.06. The Hall–Kier alpha value is -2.54. The van der Waals surface area contributed by atoms with E-state index in [1.54, 1.807) is 24.3 Å². The van der Waals surface area contributed by atoms with Crippen LogP contribution in [0.5, 0.6) is 0 Å². The topological polar surface area (TPSA) is 58.6 Å². The first-order chi connectivity index (χ1) is 11.9. The minimum absolute atomic E-state index is 0.000560. The number of amides is 1. The summed E-state index contributed by atoms with van der Waals surface area (Å²) in [7, 11) is 0. The molecule has 1 amide bonds. The molecule has 7 heteroatoms. The molecule has 0 heterocycles. The molecular weight excluding hydrogens is 335 g/mol. The number of rotatable bonds is 6. The average molecular weight is 353 g/mol. The third-order valence-corrected chi connectivity index (χ3v) is 3.56. The Morgan fingerprint density at radius 1 is 1.08 bits per heavy atom. The van der Waals surface area contributed by atoms with Crippen molar-refractivity contribution in [3.8, 4) is 0 Å². The molecule has 0 saturated heterocycles. The van der Waals surface area contributed by atoms with Crippen LogP contribution in [-0.4, -0.2) is 17.8 Å². The van der Waals surface area contributed by atoms with Crippen LogP contribution >= 0.6 is 0 Å². The van der Waals surface area contributed by atoms with E-state index in [4.69, 9.17) is 9.84 Å². The Bertz CT molecular complexity index is 689. The van der Waals surface area contributed by atoms with Gasteiger partial charge in [0, 0.05) is 6.61 Å². The Balaban J connectivity index is 2.09. The number of aliphatic hydroxyl groups excluding tert-OH is 1. The van der Waals surface area contributed by atoms with Crippen molar-refractivity contribution in [2.75, 3.05) is 6.61 Å². The van der Waals surface area contributed by atoms with E-state index in [1.807, 2.05) is 6.07 Å². The lowest BCUT2D eigenvalue weighted by atomic mass is 9.98. The van der Waals surface area contributed by atoms with Crippen molar-refractivity contribution in [2.45, 2.75) is 25.2 Å². The molecule has 0 radical (unpaired) electrons. The second-order valence-corrected chi connectivity index (χ2v) is 5.36. The molecule has 0 aliphatic rings. The van der Waals surface area contributed by atoms with Crippen LogP contribution in [0.25, 0.3) is 0 Å². The van der Waals surface area contributed by atoms with Gasteiger partial charge in [0.2, 0.25) is 0 Å². The van der Waals surface area contributed by atoms with E-state index in [-0.39, 0.29) is 25.2 Å². The third kappa shape index (κ3) is 5.49. The minimum Gasteiger partial charge on any atom is -0.445 e. The summed E-state index contributed by atoms with van der Waals surface area (Å²) in [5, 5.41) is 11.5. The van der Waals surface area contributed by atoms with Crippen LogP contribution in [0.3, 0.4) is 0 Å². The summed E-state index contributed by atoms with van der Waals surface area (Å²) < 4.78 is 44.5. The standard InChI is InChI=1S/C18H18F3NO3/c19-18(20,21)15-9-5-4-8-14(15)16(10-11-23)22-17(24)25-12-13-6-2-1-3-7-13/h1-9,16,23H,10-12H2,(H,22,24). The maximum atomic E-state index is 13.1. The molecule has 2 rings (SSSR count). The number of carbonyl (C=O) groups excluding carboxylic acids is 1. The number of carbonyl (C=O) groups is 1. The van der Waals surface area contributed by atoms with Crippen molar-refractivity contribution < 1.29 is 27.8 Å². The normalized spacial score (nSPS) is 12.5. The lowest BCUT2D eigenvalue weighted by Gasteiger charge is -2.22. The SMILES string of the molecule is O=C(NC(CCO)c1ccccc1C(F)(F)F)OCc1ccccc1. The van der Waals surface area contributed by atoms with Gasteiger partial charge in [0.15, 0.2) is 0 Å². The van der Waals surface area contributed by atoms with Crippen molar-refractivity contribution in [1.29, 1.82) is 0 Å². The van der Waals surface area contributed by atoms with Gasteiger partial charge < -0.3 is 15.2 Å². The van der Waals surface area contributed by atoms with Gasteiger partial charge in [0.1, 0.15) is 6.61 Å². The molecule has 0 aliphatic carbocycles. The first kappa shape index (κ1) is 18.8. The molecule has 134 valence electrons. The summed E-state index contributed by atoms with van der Waals surface area (Å²) in [6.07, 6.45) is -5.47. The van der Waals surface area contributed by atoms with Gasteiger partial charge in [-0.1, -0.05) is 48.5 Å². The molecule has 2 aromatic carbocycles. The lowest BCUT2D eigenvalue weighted by molar-refractivity contribution is -0.138. The summed E-state index contributed by atoms with van der Waals surface area (Å²) in [6, 6.07) is 12.8. The lowest BCUT2D eigenvalue weighted by Crippen LogP contribution is -2.31. The molecule has 1 atom stereocenters. The highest BCUT2D eigenvalue weighted by molar-refractivity contribution is 5.68. The summed E-state index contributed by atoms with van der Waals surface area (Å²) in [6.45, 7) is -0.380. The van der Waals surface area contributed by atoms with E-state index in [1.165, 1.54) is 18.2 Å². The molecule has 0 aromatic heterocycles. The first-order valence-electron chi connectivity index (χ1n) is 7.66. The maximum absolute atomic E-state index is 13.1. The molecular formula is C18H18F3NO3. The van der Waals surface area contributed by atoms with Gasteiger partial charge in [0.25, 0.3) is 0 Å². The van der Waals surface area contributed by atoms with Gasteiger partial charge in [-0.05, 0) is 23.6 Å². The quantitative estimate of drug-likeness (QED) is 0.824. The molecule has 25 heavy (non-hydrogen) atoms. The van der Waals surface area contributed by atoms with Gasteiger partial charge in [0.05, 0.1) is 11.6 Å².